The molecular formula is C19H22N4O6S. The summed E-state index contributed by atoms with van der Waals surface area (Å²) in [6.07, 6.45) is 2.83. The Balaban J connectivity index is 2.15. The van der Waals surface area contributed by atoms with E-state index in [9.17, 15) is 23.3 Å². The van der Waals surface area contributed by atoms with Crippen LogP contribution in [0.5, 0.6) is 5.75 Å². The van der Waals surface area contributed by atoms with Crippen LogP contribution in [-0.4, -0.2) is 45.4 Å². The number of anilines is 1. The molecule has 2 rings (SSSR count). The quantitative estimate of drug-likeness (QED) is 0.365. The van der Waals surface area contributed by atoms with Crippen LogP contribution in [0, 0.1) is 10.1 Å². The Labute approximate surface area is 174 Å². The number of para-hydroxylation sites is 1. The lowest BCUT2D eigenvalue weighted by atomic mass is 10.1. The van der Waals surface area contributed by atoms with E-state index in [4.69, 9.17) is 4.74 Å². The molecule has 0 atom stereocenters. The largest absolute Gasteiger partial charge is 0.490 e. The molecular weight excluding hydrogens is 412 g/mol. The zero-order valence-electron chi connectivity index (χ0n) is 16.7. The van der Waals surface area contributed by atoms with Gasteiger partial charge in [0.05, 0.1) is 30.2 Å². The summed E-state index contributed by atoms with van der Waals surface area (Å²) < 4.78 is 30.4. The van der Waals surface area contributed by atoms with Gasteiger partial charge in [-0.05, 0) is 30.2 Å². The number of amides is 1. The fourth-order valence-corrected chi connectivity index (χ4v) is 3.60. The Morgan fingerprint density at radius 3 is 2.60 bits per heavy atom. The summed E-state index contributed by atoms with van der Waals surface area (Å²) in [7, 11) is -2.39. The summed E-state index contributed by atoms with van der Waals surface area (Å²) in [5, 5.41) is 14.8. The second kappa shape index (κ2) is 9.83. The molecule has 30 heavy (non-hydrogen) atoms. The fourth-order valence-electron chi connectivity index (χ4n) is 2.71. The second-order valence-electron chi connectivity index (χ2n) is 6.23. The molecule has 160 valence electrons. The Kier molecular flexibility index (Phi) is 7.48. The third-order valence-electron chi connectivity index (χ3n) is 4.13. The van der Waals surface area contributed by atoms with Gasteiger partial charge in [0.15, 0.2) is 5.75 Å². The summed E-state index contributed by atoms with van der Waals surface area (Å²) >= 11 is 0. The first kappa shape index (κ1) is 22.8. The van der Waals surface area contributed by atoms with Crippen molar-refractivity contribution in [2.75, 3.05) is 24.2 Å². The Hall–Kier alpha value is -3.47. The van der Waals surface area contributed by atoms with Gasteiger partial charge < -0.3 is 4.74 Å². The van der Waals surface area contributed by atoms with E-state index in [1.807, 2.05) is 6.92 Å². The number of aryl methyl sites for hydroxylation is 1. The molecule has 0 bridgehead atoms. The fraction of sp³-hybridized carbons (Fsp3) is 0.263. The molecule has 0 saturated heterocycles. The van der Waals surface area contributed by atoms with Gasteiger partial charge in [-0.1, -0.05) is 25.1 Å². The van der Waals surface area contributed by atoms with E-state index in [1.54, 1.807) is 24.3 Å². The van der Waals surface area contributed by atoms with E-state index in [2.05, 4.69) is 10.5 Å². The highest BCUT2D eigenvalue weighted by Gasteiger charge is 2.22. The van der Waals surface area contributed by atoms with Crippen molar-refractivity contribution in [1.82, 2.24) is 5.43 Å². The Bertz CT molecular complexity index is 1070. The van der Waals surface area contributed by atoms with Crippen LogP contribution < -0.4 is 14.5 Å². The van der Waals surface area contributed by atoms with Crippen molar-refractivity contribution in [2.45, 2.75) is 13.3 Å². The molecule has 0 aliphatic carbocycles. The molecule has 0 unspecified atom stereocenters. The summed E-state index contributed by atoms with van der Waals surface area (Å²) in [6, 6.07) is 11.1. The number of carbonyl (C=O) groups excluding carboxylic acids is 1. The van der Waals surface area contributed by atoms with Gasteiger partial charge in [0.25, 0.3) is 5.91 Å². The van der Waals surface area contributed by atoms with Crippen LogP contribution >= 0.6 is 0 Å². The van der Waals surface area contributed by atoms with Gasteiger partial charge in [-0.15, -0.1) is 0 Å². The Morgan fingerprint density at radius 2 is 2.00 bits per heavy atom. The number of nitrogens with one attached hydrogen (secondary N) is 1. The lowest BCUT2D eigenvalue weighted by molar-refractivity contribution is -0.385. The number of hydrogen-bond donors (Lipinski definition) is 1. The summed E-state index contributed by atoms with van der Waals surface area (Å²) in [4.78, 5) is 22.8. The van der Waals surface area contributed by atoms with E-state index in [0.29, 0.717) is 17.7 Å². The highest BCUT2D eigenvalue weighted by molar-refractivity contribution is 7.92. The van der Waals surface area contributed by atoms with Gasteiger partial charge in [0.2, 0.25) is 10.0 Å². The molecule has 10 nitrogen and oxygen atoms in total. The first-order valence-electron chi connectivity index (χ1n) is 8.87. The molecule has 0 aromatic heterocycles. The molecule has 0 radical (unpaired) electrons. The zero-order chi connectivity index (χ0) is 22.3. The number of nitro groups is 1. The third-order valence-corrected chi connectivity index (χ3v) is 5.26. The molecule has 11 heteroatoms. The molecule has 0 aliphatic heterocycles. The minimum atomic E-state index is -3.71. The van der Waals surface area contributed by atoms with Crippen molar-refractivity contribution in [3.8, 4) is 5.75 Å². The average Bonchev–Trinajstić information content (AvgIpc) is 2.71. The monoisotopic (exact) mass is 434 g/mol. The van der Waals surface area contributed by atoms with Gasteiger partial charge in [-0.3, -0.25) is 19.2 Å². The number of sulfonamides is 1. The van der Waals surface area contributed by atoms with Gasteiger partial charge in [0.1, 0.15) is 6.54 Å². The van der Waals surface area contributed by atoms with Crippen molar-refractivity contribution in [1.29, 1.82) is 0 Å². The lowest BCUT2D eigenvalue weighted by Crippen LogP contribution is -2.39. The number of benzene rings is 2. The van der Waals surface area contributed by atoms with Crippen LogP contribution in [0.3, 0.4) is 0 Å². The molecule has 0 heterocycles. The molecule has 2 aromatic rings. The van der Waals surface area contributed by atoms with Crippen LogP contribution in [0.4, 0.5) is 11.4 Å². The predicted octanol–water partition coefficient (Wildman–Crippen LogP) is 2.08. The molecule has 2 aromatic carbocycles. The second-order valence-corrected chi connectivity index (χ2v) is 8.14. The minimum Gasteiger partial charge on any atom is -0.490 e. The maximum Gasteiger partial charge on any atom is 0.311 e. The zero-order valence-corrected chi connectivity index (χ0v) is 17.5. The van der Waals surface area contributed by atoms with Crippen LogP contribution in [0.2, 0.25) is 0 Å². The number of nitrogens with zero attached hydrogens (tertiary/aromatic N) is 3. The molecule has 0 saturated carbocycles. The number of hydrazone groups is 1. The number of hydrogen-bond acceptors (Lipinski definition) is 7. The normalized spacial score (nSPS) is 11.3. The maximum atomic E-state index is 12.3. The standard InChI is InChI=1S/C19H22N4O6S/c1-4-15-7-5-6-8-16(15)22(30(3,27)28)13-19(24)21-20-12-14-9-10-18(29-2)17(11-14)23(25)26/h5-12H,4,13H2,1-3H3,(H,21,24). The average molecular weight is 434 g/mol. The van der Waals surface area contributed by atoms with E-state index < -0.39 is 27.4 Å². The molecule has 1 amide bonds. The van der Waals surface area contributed by atoms with Crippen molar-refractivity contribution in [3.05, 3.63) is 63.7 Å². The smallest absolute Gasteiger partial charge is 0.311 e. The number of nitro benzene ring substituents is 1. The molecule has 0 spiro atoms. The third kappa shape index (κ3) is 5.77. The number of methoxy groups -OCH3 is 1. The van der Waals surface area contributed by atoms with Crippen molar-refractivity contribution in [3.63, 3.8) is 0 Å². The summed E-state index contributed by atoms with van der Waals surface area (Å²) in [5.41, 5.74) is 3.56. The summed E-state index contributed by atoms with van der Waals surface area (Å²) in [6.45, 7) is 1.42. The number of carbonyl (C=O) groups is 1. The van der Waals surface area contributed by atoms with E-state index in [0.717, 1.165) is 16.1 Å². The minimum absolute atomic E-state index is 0.0968. The molecule has 1 N–H and O–H groups in total. The highest BCUT2D eigenvalue weighted by Crippen LogP contribution is 2.27. The Morgan fingerprint density at radius 1 is 1.30 bits per heavy atom. The SMILES string of the molecule is CCc1ccccc1N(CC(=O)NN=Cc1ccc(OC)c([N+](=O)[O-])c1)S(C)(=O)=O. The van der Waals surface area contributed by atoms with Crippen LogP contribution in [-0.2, 0) is 21.2 Å². The number of ether oxygens (including phenoxy) is 1. The van der Waals surface area contributed by atoms with Crippen LogP contribution in [0.1, 0.15) is 18.1 Å². The maximum absolute atomic E-state index is 12.3. The van der Waals surface area contributed by atoms with E-state index in [-0.39, 0.29) is 11.4 Å². The highest BCUT2D eigenvalue weighted by atomic mass is 32.2. The summed E-state index contributed by atoms with van der Waals surface area (Å²) in [5.74, 6) is -0.565. The first-order chi connectivity index (χ1) is 14.2. The van der Waals surface area contributed by atoms with Gasteiger partial charge in [0, 0.05) is 11.6 Å². The van der Waals surface area contributed by atoms with Crippen molar-refractivity contribution in [2.24, 2.45) is 5.10 Å². The molecule has 0 fully saturated rings. The van der Waals surface area contributed by atoms with Crippen molar-refractivity contribution < 1.29 is 22.9 Å². The van der Waals surface area contributed by atoms with Gasteiger partial charge in [-0.25, -0.2) is 13.8 Å². The van der Waals surface area contributed by atoms with E-state index >= 15 is 0 Å². The topological polar surface area (TPSA) is 131 Å². The molecule has 0 aliphatic rings. The number of rotatable bonds is 9. The van der Waals surface area contributed by atoms with Crippen molar-refractivity contribution >= 4 is 33.5 Å². The van der Waals surface area contributed by atoms with E-state index in [1.165, 1.54) is 31.5 Å². The predicted molar refractivity (Wildman–Crippen MR) is 113 cm³/mol. The van der Waals surface area contributed by atoms with Crippen LogP contribution in [0.15, 0.2) is 47.6 Å². The van der Waals surface area contributed by atoms with Gasteiger partial charge >= 0.3 is 5.69 Å². The van der Waals surface area contributed by atoms with Crippen LogP contribution in [0.25, 0.3) is 0 Å². The first-order valence-corrected chi connectivity index (χ1v) is 10.7. The van der Waals surface area contributed by atoms with Gasteiger partial charge in [-0.2, -0.15) is 5.10 Å². The lowest BCUT2D eigenvalue weighted by Gasteiger charge is -2.23.